The molecule has 3 fully saturated rings. The lowest BCUT2D eigenvalue weighted by Gasteiger charge is -2.35. The molecule has 0 bridgehead atoms. The van der Waals surface area contributed by atoms with Crippen molar-refractivity contribution in [2.24, 2.45) is 5.41 Å². The number of hydrogen-bond acceptors (Lipinski definition) is 5. The van der Waals surface area contributed by atoms with Crippen molar-refractivity contribution in [3.8, 4) is 0 Å². The van der Waals surface area contributed by atoms with Gasteiger partial charge in [0.1, 0.15) is 11.9 Å². The van der Waals surface area contributed by atoms with E-state index in [0.717, 1.165) is 64.2 Å². The number of nitrogens with zero attached hydrogens (tertiary/aromatic N) is 3. The first-order valence-electron chi connectivity index (χ1n) is 10.3. The zero-order valence-corrected chi connectivity index (χ0v) is 16.0. The number of aryl methyl sites for hydroxylation is 1. The minimum atomic E-state index is -0.127. The number of anilines is 1. The van der Waals surface area contributed by atoms with Gasteiger partial charge in [-0.25, -0.2) is 4.98 Å². The van der Waals surface area contributed by atoms with Crippen LogP contribution in [0.15, 0.2) is 18.3 Å². The Balaban J connectivity index is 1.24. The summed E-state index contributed by atoms with van der Waals surface area (Å²) < 4.78 is 5.76. The van der Waals surface area contributed by atoms with Crippen LogP contribution in [0, 0.1) is 12.3 Å². The van der Waals surface area contributed by atoms with Gasteiger partial charge in [0, 0.05) is 45.3 Å². The van der Waals surface area contributed by atoms with Crippen LogP contribution in [-0.4, -0.2) is 54.7 Å². The molecule has 5 nitrogen and oxygen atoms in total. The Kier molecular flexibility index (Phi) is 5.16. The maximum atomic E-state index is 12.4. The molecule has 1 aromatic heterocycles. The molecule has 142 valence electrons. The molecule has 1 spiro atoms. The molecule has 1 aliphatic carbocycles. The largest absolute Gasteiger partial charge is 0.462 e. The molecular weight excluding hydrogens is 326 g/mol. The monoisotopic (exact) mass is 357 g/mol. The van der Waals surface area contributed by atoms with E-state index in [4.69, 9.17) is 4.74 Å². The lowest BCUT2D eigenvalue weighted by molar-refractivity contribution is -0.150. The maximum Gasteiger partial charge on any atom is 0.312 e. The van der Waals surface area contributed by atoms with E-state index >= 15 is 0 Å². The van der Waals surface area contributed by atoms with Gasteiger partial charge in [0.05, 0.1) is 5.41 Å². The Labute approximate surface area is 156 Å². The first-order chi connectivity index (χ1) is 12.6. The first kappa shape index (κ1) is 17.8. The van der Waals surface area contributed by atoms with Gasteiger partial charge in [-0.15, -0.1) is 0 Å². The van der Waals surface area contributed by atoms with Crippen molar-refractivity contribution >= 4 is 11.8 Å². The smallest absolute Gasteiger partial charge is 0.312 e. The number of carbonyl (C=O) groups excluding carboxylic acids is 1. The zero-order chi connectivity index (χ0) is 18.0. The number of ether oxygens (including phenoxy) is 1. The van der Waals surface area contributed by atoms with Crippen molar-refractivity contribution < 1.29 is 9.53 Å². The highest BCUT2D eigenvalue weighted by atomic mass is 16.6. The fraction of sp³-hybridized carbons (Fsp3) is 0.714. The van der Waals surface area contributed by atoms with Gasteiger partial charge in [-0.3, -0.25) is 9.69 Å². The summed E-state index contributed by atoms with van der Waals surface area (Å²) in [4.78, 5) is 21.8. The van der Waals surface area contributed by atoms with Crippen LogP contribution in [0.2, 0.25) is 0 Å². The van der Waals surface area contributed by atoms with Crippen LogP contribution in [0.3, 0.4) is 0 Å². The van der Waals surface area contributed by atoms with Crippen LogP contribution in [-0.2, 0) is 9.53 Å². The lowest BCUT2D eigenvalue weighted by Crippen LogP contribution is -2.47. The van der Waals surface area contributed by atoms with Crippen LogP contribution < -0.4 is 4.90 Å². The summed E-state index contributed by atoms with van der Waals surface area (Å²) in [6.45, 7) is 7.30. The lowest BCUT2D eigenvalue weighted by atomic mass is 9.72. The minimum absolute atomic E-state index is 0.0949. The molecule has 1 atom stereocenters. The number of carbonyl (C=O) groups is 1. The van der Waals surface area contributed by atoms with Gasteiger partial charge in [-0.1, -0.05) is 19.3 Å². The second-order valence-corrected chi connectivity index (χ2v) is 8.38. The summed E-state index contributed by atoms with van der Waals surface area (Å²) in [7, 11) is 0. The molecular formula is C21H31N3O2. The van der Waals surface area contributed by atoms with Gasteiger partial charge in [0.15, 0.2) is 0 Å². The molecule has 0 radical (unpaired) electrons. The summed E-state index contributed by atoms with van der Waals surface area (Å²) in [5, 5.41) is 0. The number of cyclic esters (lactones) is 1. The van der Waals surface area contributed by atoms with Crippen LogP contribution in [0.1, 0.15) is 50.5 Å². The van der Waals surface area contributed by atoms with Crippen LogP contribution in [0.5, 0.6) is 0 Å². The van der Waals surface area contributed by atoms with E-state index in [-0.39, 0.29) is 17.5 Å². The number of rotatable bonds is 4. The van der Waals surface area contributed by atoms with Gasteiger partial charge >= 0.3 is 5.97 Å². The standard InChI is InChI=1S/C21H31N3O2/c1-17-5-9-22-19(15-17)24-13-11-23(12-14-24)10-6-18-16-21(20(25)26-18)7-3-2-4-8-21/h5,9,15,18H,2-4,6-8,10-14,16H2,1H3. The van der Waals surface area contributed by atoms with Gasteiger partial charge in [-0.2, -0.15) is 0 Å². The highest BCUT2D eigenvalue weighted by molar-refractivity contribution is 5.79. The number of hydrogen-bond donors (Lipinski definition) is 0. The molecule has 1 saturated carbocycles. The van der Waals surface area contributed by atoms with Gasteiger partial charge in [0.2, 0.25) is 0 Å². The molecule has 26 heavy (non-hydrogen) atoms. The fourth-order valence-electron chi connectivity index (χ4n) is 4.86. The molecule has 5 heteroatoms. The van der Waals surface area contributed by atoms with E-state index in [1.54, 1.807) is 0 Å². The predicted octanol–water partition coefficient (Wildman–Crippen LogP) is 3.17. The second kappa shape index (κ2) is 7.55. The molecule has 3 aliphatic rings. The second-order valence-electron chi connectivity index (χ2n) is 8.38. The van der Waals surface area contributed by atoms with Crippen LogP contribution >= 0.6 is 0 Å². The number of aromatic nitrogens is 1. The van der Waals surface area contributed by atoms with E-state index in [0.29, 0.717) is 0 Å². The Bertz CT molecular complexity index is 634. The van der Waals surface area contributed by atoms with E-state index in [2.05, 4.69) is 27.8 Å². The van der Waals surface area contributed by atoms with Crippen LogP contribution in [0.4, 0.5) is 5.82 Å². The molecule has 3 heterocycles. The SMILES string of the molecule is Cc1ccnc(N2CCN(CCC3CC4(CCCCC4)C(=O)O3)CC2)c1. The van der Waals surface area contributed by atoms with Crippen LogP contribution in [0.25, 0.3) is 0 Å². The fourth-order valence-corrected chi connectivity index (χ4v) is 4.86. The van der Waals surface area contributed by atoms with Crippen molar-refractivity contribution in [2.45, 2.75) is 58.0 Å². The number of piperazine rings is 1. The zero-order valence-electron chi connectivity index (χ0n) is 16.0. The third kappa shape index (κ3) is 3.73. The molecule has 1 unspecified atom stereocenters. The normalized spacial score (nSPS) is 26.3. The van der Waals surface area contributed by atoms with Crippen molar-refractivity contribution in [3.05, 3.63) is 23.9 Å². The van der Waals surface area contributed by atoms with Crippen molar-refractivity contribution in [2.75, 3.05) is 37.6 Å². The van der Waals surface area contributed by atoms with E-state index < -0.39 is 0 Å². The average molecular weight is 357 g/mol. The minimum Gasteiger partial charge on any atom is -0.462 e. The maximum absolute atomic E-state index is 12.4. The summed E-state index contributed by atoms with van der Waals surface area (Å²) >= 11 is 0. The van der Waals surface area contributed by atoms with Crippen molar-refractivity contribution in [1.82, 2.24) is 9.88 Å². The molecule has 1 aromatic rings. The Hall–Kier alpha value is -1.62. The van der Waals surface area contributed by atoms with Gasteiger partial charge < -0.3 is 9.64 Å². The topological polar surface area (TPSA) is 45.7 Å². The molecule has 4 rings (SSSR count). The van der Waals surface area contributed by atoms with E-state index in [9.17, 15) is 4.79 Å². The number of pyridine rings is 1. The summed E-state index contributed by atoms with van der Waals surface area (Å²) in [5.74, 6) is 1.19. The predicted molar refractivity (Wildman–Crippen MR) is 102 cm³/mol. The third-order valence-corrected chi connectivity index (χ3v) is 6.50. The number of esters is 1. The molecule has 0 amide bonds. The van der Waals surface area contributed by atoms with E-state index in [1.807, 2.05) is 12.3 Å². The molecule has 0 aromatic carbocycles. The van der Waals surface area contributed by atoms with Gasteiger partial charge in [0.25, 0.3) is 0 Å². The summed E-state index contributed by atoms with van der Waals surface area (Å²) in [6.07, 6.45) is 9.72. The Morgan fingerprint density at radius 2 is 1.96 bits per heavy atom. The quantitative estimate of drug-likeness (QED) is 0.775. The summed E-state index contributed by atoms with van der Waals surface area (Å²) in [6, 6.07) is 4.21. The van der Waals surface area contributed by atoms with Crippen molar-refractivity contribution in [1.29, 1.82) is 0 Å². The van der Waals surface area contributed by atoms with Gasteiger partial charge in [-0.05, 0) is 43.9 Å². The molecule has 0 N–H and O–H groups in total. The average Bonchev–Trinajstić information content (AvgIpc) is 2.96. The highest BCUT2D eigenvalue weighted by Gasteiger charge is 2.48. The molecule has 2 saturated heterocycles. The summed E-state index contributed by atoms with van der Waals surface area (Å²) in [5.41, 5.74) is 1.13. The van der Waals surface area contributed by atoms with E-state index in [1.165, 1.54) is 24.8 Å². The molecule has 2 aliphatic heterocycles. The Morgan fingerprint density at radius 3 is 2.69 bits per heavy atom. The highest BCUT2D eigenvalue weighted by Crippen LogP contribution is 2.46. The first-order valence-corrected chi connectivity index (χ1v) is 10.3. The third-order valence-electron chi connectivity index (χ3n) is 6.50. The Morgan fingerprint density at radius 1 is 1.19 bits per heavy atom. The van der Waals surface area contributed by atoms with Crippen molar-refractivity contribution in [3.63, 3.8) is 0 Å².